The summed E-state index contributed by atoms with van der Waals surface area (Å²) >= 11 is 6.49. The second kappa shape index (κ2) is 10.8. The fourth-order valence-electron chi connectivity index (χ4n) is 5.10. The van der Waals surface area contributed by atoms with Gasteiger partial charge in [0.05, 0.1) is 12.1 Å². The highest BCUT2D eigenvalue weighted by molar-refractivity contribution is 6.31. The van der Waals surface area contributed by atoms with E-state index in [0.29, 0.717) is 34.7 Å². The van der Waals surface area contributed by atoms with Crippen molar-refractivity contribution in [1.29, 1.82) is 0 Å². The van der Waals surface area contributed by atoms with E-state index in [1.807, 2.05) is 19.9 Å². The van der Waals surface area contributed by atoms with Crippen molar-refractivity contribution in [2.24, 2.45) is 7.05 Å². The summed E-state index contributed by atoms with van der Waals surface area (Å²) in [7, 11) is 5.99. The van der Waals surface area contributed by atoms with Crippen molar-refractivity contribution < 1.29 is 4.79 Å². The first-order valence-electron chi connectivity index (χ1n) is 12.0. The summed E-state index contributed by atoms with van der Waals surface area (Å²) in [6.07, 6.45) is 5.30. The molecule has 3 rings (SSSR count). The minimum Gasteiger partial charge on any atom is -0.369 e. The summed E-state index contributed by atoms with van der Waals surface area (Å²) in [6.45, 7) is 7.17. The first kappa shape index (κ1) is 25.4. The molecule has 1 aromatic heterocycles. The monoisotopic (exact) mass is 475 g/mol. The molecule has 8 heteroatoms. The van der Waals surface area contributed by atoms with Gasteiger partial charge < -0.3 is 15.1 Å². The number of halogens is 1. The van der Waals surface area contributed by atoms with Crippen LogP contribution in [0.25, 0.3) is 0 Å². The lowest BCUT2D eigenvalue weighted by Crippen LogP contribution is -2.42. The molecule has 0 radical (unpaired) electrons. The fraction of sp³-hybridized carbons (Fsp3) is 0.600. The van der Waals surface area contributed by atoms with Crippen molar-refractivity contribution in [3.63, 3.8) is 0 Å². The van der Waals surface area contributed by atoms with Gasteiger partial charge in [-0.3, -0.25) is 19.4 Å². The largest absolute Gasteiger partial charge is 0.369 e. The van der Waals surface area contributed by atoms with Gasteiger partial charge in [-0.1, -0.05) is 18.5 Å². The number of aromatic nitrogens is 2. The summed E-state index contributed by atoms with van der Waals surface area (Å²) in [5.74, 6) is -0.214. The third kappa shape index (κ3) is 5.46. The summed E-state index contributed by atoms with van der Waals surface area (Å²) in [5.41, 5.74) is 3.84. The summed E-state index contributed by atoms with van der Waals surface area (Å²) in [4.78, 5) is 30.3. The average Bonchev–Trinajstić information content (AvgIpc) is 3.07. The number of H-pyrrole nitrogens is 1. The first-order valence-corrected chi connectivity index (χ1v) is 12.3. The molecule has 1 heterocycles. The molecule has 0 saturated heterocycles. The molecule has 0 bridgehead atoms. The van der Waals surface area contributed by atoms with Gasteiger partial charge in [0.1, 0.15) is 0 Å². The van der Waals surface area contributed by atoms with Crippen molar-refractivity contribution in [3.05, 3.63) is 49.9 Å². The van der Waals surface area contributed by atoms with Gasteiger partial charge >= 0.3 is 0 Å². The van der Waals surface area contributed by atoms with Crippen LogP contribution >= 0.6 is 11.6 Å². The number of carbonyl (C=O) groups excluding carboxylic acids is 1. The molecular weight excluding hydrogens is 438 g/mol. The summed E-state index contributed by atoms with van der Waals surface area (Å²) in [6, 6.07) is 4.78. The van der Waals surface area contributed by atoms with Crippen LogP contribution in [0.5, 0.6) is 0 Å². The van der Waals surface area contributed by atoms with E-state index in [-0.39, 0.29) is 18.0 Å². The van der Waals surface area contributed by atoms with Crippen LogP contribution in [-0.4, -0.2) is 53.3 Å². The predicted octanol–water partition coefficient (Wildman–Crippen LogP) is 3.87. The number of rotatable bonds is 8. The topological polar surface area (TPSA) is 73.4 Å². The fourth-order valence-corrected chi connectivity index (χ4v) is 5.31. The van der Waals surface area contributed by atoms with Gasteiger partial charge in [0, 0.05) is 47.6 Å². The van der Waals surface area contributed by atoms with E-state index >= 15 is 0 Å². The van der Waals surface area contributed by atoms with Crippen molar-refractivity contribution in [2.45, 2.75) is 71.5 Å². The van der Waals surface area contributed by atoms with Crippen LogP contribution < -0.4 is 15.8 Å². The van der Waals surface area contributed by atoms with E-state index in [1.54, 1.807) is 13.1 Å². The minimum atomic E-state index is -0.214. The number of carbonyl (C=O) groups is 1. The molecule has 0 atom stereocenters. The Morgan fingerprint density at radius 2 is 1.82 bits per heavy atom. The normalized spacial score (nSPS) is 18.5. The Kier molecular flexibility index (Phi) is 8.29. The molecule has 7 nitrogen and oxygen atoms in total. The number of hydrogen-bond acceptors (Lipinski definition) is 4. The number of amides is 1. The lowest BCUT2D eigenvalue weighted by molar-refractivity contribution is 0.0950. The maximum absolute atomic E-state index is 13.2. The predicted molar refractivity (Wildman–Crippen MR) is 136 cm³/mol. The van der Waals surface area contributed by atoms with Crippen LogP contribution in [0, 0.1) is 6.92 Å². The minimum absolute atomic E-state index is 0.110. The molecule has 1 fully saturated rings. The molecule has 0 unspecified atom stereocenters. The van der Waals surface area contributed by atoms with Crippen LogP contribution in [0.2, 0.25) is 5.02 Å². The van der Waals surface area contributed by atoms with E-state index in [4.69, 9.17) is 11.6 Å². The Labute approximate surface area is 202 Å². The smallest absolute Gasteiger partial charge is 0.271 e. The van der Waals surface area contributed by atoms with Crippen LogP contribution in [0.1, 0.15) is 66.7 Å². The summed E-state index contributed by atoms with van der Waals surface area (Å²) < 4.78 is 1.45. The van der Waals surface area contributed by atoms with Crippen molar-refractivity contribution in [1.82, 2.24) is 20.0 Å². The number of hydrogen-bond donors (Lipinski definition) is 2. The molecule has 33 heavy (non-hydrogen) atoms. The molecule has 1 aromatic carbocycles. The van der Waals surface area contributed by atoms with Gasteiger partial charge in [0.2, 0.25) is 0 Å². The zero-order chi connectivity index (χ0) is 24.3. The molecule has 1 aliphatic rings. The van der Waals surface area contributed by atoms with E-state index in [0.717, 1.165) is 36.3 Å². The number of nitrogens with zero attached hydrogens (tertiary/aromatic N) is 3. The summed E-state index contributed by atoms with van der Waals surface area (Å²) in [5, 5.41) is 6.53. The first-order chi connectivity index (χ1) is 15.7. The van der Waals surface area contributed by atoms with Crippen molar-refractivity contribution in [2.75, 3.05) is 25.5 Å². The number of aryl methyl sites for hydroxylation is 2. The third-order valence-electron chi connectivity index (χ3n) is 7.09. The van der Waals surface area contributed by atoms with E-state index < -0.39 is 0 Å². The number of benzene rings is 1. The van der Waals surface area contributed by atoms with Crippen LogP contribution in [0.3, 0.4) is 0 Å². The second-order valence-electron chi connectivity index (χ2n) is 9.28. The Balaban J connectivity index is 1.81. The van der Waals surface area contributed by atoms with Gasteiger partial charge in [-0.15, -0.1) is 0 Å². The van der Waals surface area contributed by atoms with Gasteiger partial charge in [-0.2, -0.15) is 0 Å². The SMILES string of the molecule is CCc1[nH]n(C)c(=O)c1CNC(=O)c1cc(Cl)cc(N(CC)[C@H]2CC[C@H](N(C)C)CC2)c1C. The molecule has 0 spiro atoms. The Morgan fingerprint density at radius 1 is 1.18 bits per heavy atom. The maximum atomic E-state index is 13.2. The average molecular weight is 476 g/mol. The molecule has 2 aromatic rings. The number of anilines is 1. The highest BCUT2D eigenvalue weighted by Gasteiger charge is 2.28. The lowest BCUT2D eigenvalue weighted by atomic mass is 9.89. The highest BCUT2D eigenvalue weighted by atomic mass is 35.5. The standard InChI is InChI=1S/C25H38ClN5O2/c1-7-22-21(25(33)30(6)28-22)15-27-24(32)20-13-17(26)14-23(16(20)3)31(8-2)19-11-9-18(10-12-19)29(4)5/h13-14,18-19,28H,7-12,15H2,1-6H3,(H,27,32)/t18-,19-. The van der Waals surface area contributed by atoms with Gasteiger partial charge in [0.25, 0.3) is 11.5 Å². The molecule has 2 N–H and O–H groups in total. The Morgan fingerprint density at radius 3 is 2.39 bits per heavy atom. The molecule has 1 saturated carbocycles. The third-order valence-corrected chi connectivity index (χ3v) is 7.30. The maximum Gasteiger partial charge on any atom is 0.271 e. The van der Waals surface area contributed by atoms with Gasteiger partial charge in [-0.25, -0.2) is 0 Å². The van der Waals surface area contributed by atoms with Gasteiger partial charge in [-0.05, 0) is 77.7 Å². The zero-order valence-corrected chi connectivity index (χ0v) is 21.6. The van der Waals surface area contributed by atoms with E-state index in [9.17, 15) is 9.59 Å². The van der Waals surface area contributed by atoms with Crippen LogP contribution in [0.15, 0.2) is 16.9 Å². The van der Waals surface area contributed by atoms with Crippen molar-refractivity contribution >= 4 is 23.2 Å². The second-order valence-corrected chi connectivity index (χ2v) is 9.72. The van der Waals surface area contributed by atoms with Crippen LogP contribution in [-0.2, 0) is 20.0 Å². The molecular formula is C25H38ClN5O2. The lowest BCUT2D eigenvalue weighted by Gasteiger charge is -2.40. The molecule has 1 amide bonds. The van der Waals surface area contributed by atoms with Crippen LogP contribution in [0.4, 0.5) is 5.69 Å². The number of nitrogens with one attached hydrogen (secondary N) is 2. The van der Waals surface area contributed by atoms with E-state index in [2.05, 4.69) is 41.2 Å². The van der Waals surface area contributed by atoms with E-state index in [1.165, 1.54) is 17.5 Å². The molecule has 1 aliphatic carbocycles. The molecule has 182 valence electrons. The van der Waals surface area contributed by atoms with Crippen molar-refractivity contribution in [3.8, 4) is 0 Å². The highest BCUT2D eigenvalue weighted by Crippen LogP contribution is 2.34. The Hall–Kier alpha value is -2.25. The zero-order valence-electron chi connectivity index (χ0n) is 20.8. The molecule has 0 aliphatic heterocycles. The Bertz CT molecular complexity index is 1030. The van der Waals surface area contributed by atoms with Gasteiger partial charge in [0.15, 0.2) is 0 Å². The number of aromatic amines is 1. The quantitative estimate of drug-likeness (QED) is 0.608.